The monoisotopic (exact) mass is 301 g/mol. The zero-order chi connectivity index (χ0) is 15.0. The molecule has 1 heterocycles. The first kappa shape index (κ1) is 14.7. The quantitative estimate of drug-likeness (QED) is 0.938. The molecular formula is C17H23N3S. The maximum Gasteiger partial charge on any atom is 0.0942 e. The smallest absolute Gasteiger partial charge is 0.0942 e. The topological polar surface area (TPSA) is 29.9 Å². The summed E-state index contributed by atoms with van der Waals surface area (Å²) in [5.41, 5.74) is 4.04. The van der Waals surface area contributed by atoms with Gasteiger partial charge in [-0.25, -0.2) is 0 Å². The van der Waals surface area contributed by atoms with Crippen LogP contribution >= 0.6 is 11.8 Å². The molecule has 0 amide bonds. The van der Waals surface area contributed by atoms with E-state index >= 15 is 0 Å². The SMILES string of the molecule is CNC1c2ccccc2C(C)CC1Sc1cc(C)nn1C. The third-order valence-electron chi connectivity index (χ3n) is 4.36. The van der Waals surface area contributed by atoms with Gasteiger partial charge in [-0.15, -0.1) is 11.8 Å². The van der Waals surface area contributed by atoms with Crippen molar-refractivity contribution < 1.29 is 0 Å². The lowest BCUT2D eigenvalue weighted by Gasteiger charge is -2.36. The van der Waals surface area contributed by atoms with Crippen molar-refractivity contribution in [2.75, 3.05) is 7.05 Å². The molecule has 21 heavy (non-hydrogen) atoms. The van der Waals surface area contributed by atoms with Gasteiger partial charge in [-0.05, 0) is 43.5 Å². The van der Waals surface area contributed by atoms with Crippen LogP contribution in [0.15, 0.2) is 35.4 Å². The van der Waals surface area contributed by atoms with Crippen LogP contribution in [-0.2, 0) is 7.05 Å². The average Bonchev–Trinajstić information content (AvgIpc) is 2.77. The maximum atomic E-state index is 4.47. The Morgan fingerprint density at radius 2 is 2.00 bits per heavy atom. The summed E-state index contributed by atoms with van der Waals surface area (Å²) >= 11 is 1.95. The molecule has 4 heteroatoms. The first-order valence-electron chi connectivity index (χ1n) is 7.53. The average molecular weight is 301 g/mol. The van der Waals surface area contributed by atoms with Crippen molar-refractivity contribution in [1.29, 1.82) is 0 Å². The van der Waals surface area contributed by atoms with E-state index in [1.165, 1.54) is 22.6 Å². The number of aryl methyl sites for hydroxylation is 2. The molecule has 3 unspecified atom stereocenters. The van der Waals surface area contributed by atoms with Gasteiger partial charge in [-0.3, -0.25) is 4.68 Å². The van der Waals surface area contributed by atoms with Crippen LogP contribution in [0.4, 0.5) is 0 Å². The van der Waals surface area contributed by atoms with Gasteiger partial charge in [-0.1, -0.05) is 31.2 Å². The minimum atomic E-state index is 0.401. The minimum Gasteiger partial charge on any atom is -0.312 e. The van der Waals surface area contributed by atoms with Crippen LogP contribution in [0, 0.1) is 6.92 Å². The fraction of sp³-hybridized carbons (Fsp3) is 0.471. The van der Waals surface area contributed by atoms with Crippen molar-refractivity contribution in [3.8, 4) is 0 Å². The third-order valence-corrected chi connectivity index (χ3v) is 5.75. The summed E-state index contributed by atoms with van der Waals surface area (Å²) in [6.45, 7) is 4.39. The number of benzene rings is 1. The van der Waals surface area contributed by atoms with Crippen molar-refractivity contribution in [1.82, 2.24) is 15.1 Å². The molecule has 3 atom stereocenters. The molecule has 0 radical (unpaired) electrons. The number of nitrogens with zero attached hydrogens (tertiary/aromatic N) is 2. The number of nitrogens with one attached hydrogen (secondary N) is 1. The Bertz CT molecular complexity index is 635. The van der Waals surface area contributed by atoms with E-state index in [1.807, 2.05) is 23.5 Å². The zero-order valence-corrected chi connectivity index (χ0v) is 13.9. The van der Waals surface area contributed by atoms with E-state index in [1.54, 1.807) is 0 Å². The number of aromatic nitrogens is 2. The standard InChI is InChI=1S/C17H23N3S/c1-11-9-15(21-16-10-12(2)19-20(16)4)17(18-3)14-8-6-5-7-13(11)14/h5-8,10-11,15,17-18H,9H2,1-4H3. The minimum absolute atomic E-state index is 0.401. The summed E-state index contributed by atoms with van der Waals surface area (Å²) in [5.74, 6) is 0.609. The normalized spacial score (nSPS) is 24.9. The Morgan fingerprint density at radius 1 is 1.29 bits per heavy atom. The second-order valence-electron chi connectivity index (χ2n) is 5.94. The zero-order valence-electron chi connectivity index (χ0n) is 13.1. The highest BCUT2D eigenvalue weighted by molar-refractivity contribution is 7.99. The maximum absolute atomic E-state index is 4.47. The number of rotatable bonds is 3. The number of thioether (sulfide) groups is 1. The second-order valence-corrected chi connectivity index (χ2v) is 7.20. The summed E-state index contributed by atoms with van der Waals surface area (Å²) in [7, 11) is 4.10. The molecule has 0 fully saturated rings. The van der Waals surface area contributed by atoms with Gasteiger partial charge in [0.25, 0.3) is 0 Å². The van der Waals surface area contributed by atoms with Crippen LogP contribution in [0.3, 0.4) is 0 Å². The van der Waals surface area contributed by atoms with Crippen molar-refractivity contribution in [2.24, 2.45) is 7.05 Å². The summed E-state index contributed by atoms with van der Waals surface area (Å²) in [6.07, 6.45) is 1.19. The summed E-state index contributed by atoms with van der Waals surface area (Å²) in [5, 5.41) is 9.78. The van der Waals surface area contributed by atoms with Gasteiger partial charge in [0, 0.05) is 18.3 Å². The lowest BCUT2D eigenvalue weighted by Crippen LogP contribution is -2.33. The van der Waals surface area contributed by atoms with E-state index in [0.29, 0.717) is 17.2 Å². The molecule has 0 saturated carbocycles. The molecule has 112 valence electrons. The van der Waals surface area contributed by atoms with Gasteiger partial charge in [-0.2, -0.15) is 5.10 Å². The summed E-state index contributed by atoms with van der Waals surface area (Å²) in [4.78, 5) is 0. The highest BCUT2D eigenvalue weighted by Gasteiger charge is 2.33. The van der Waals surface area contributed by atoms with E-state index in [0.717, 1.165) is 5.69 Å². The molecule has 3 nitrogen and oxygen atoms in total. The molecule has 3 rings (SSSR count). The Labute approximate surface area is 131 Å². The molecule has 0 saturated heterocycles. The summed E-state index contributed by atoms with van der Waals surface area (Å²) < 4.78 is 2.00. The van der Waals surface area contributed by atoms with Crippen LogP contribution in [0.5, 0.6) is 0 Å². The molecule has 0 bridgehead atoms. The van der Waals surface area contributed by atoms with Crippen LogP contribution in [0.25, 0.3) is 0 Å². The van der Waals surface area contributed by atoms with E-state index < -0.39 is 0 Å². The first-order chi connectivity index (χ1) is 10.1. The molecule has 1 aromatic carbocycles. The van der Waals surface area contributed by atoms with E-state index in [-0.39, 0.29) is 0 Å². The molecule has 0 aliphatic heterocycles. The Kier molecular flexibility index (Phi) is 4.09. The van der Waals surface area contributed by atoms with Gasteiger partial charge < -0.3 is 5.32 Å². The molecular weight excluding hydrogens is 278 g/mol. The molecule has 1 aliphatic carbocycles. The molecule has 2 aromatic rings. The van der Waals surface area contributed by atoms with Crippen LogP contribution in [-0.4, -0.2) is 22.1 Å². The van der Waals surface area contributed by atoms with Gasteiger partial charge in [0.2, 0.25) is 0 Å². The summed E-state index contributed by atoms with van der Waals surface area (Å²) in [6, 6.07) is 11.4. The molecule has 1 aromatic heterocycles. The molecule has 1 N–H and O–H groups in total. The molecule has 1 aliphatic rings. The van der Waals surface area contributed by atoms with Crippen LogP contribution in [0.2, 0.25) is 0 Å². The van der Waals surface area contributed by atoms with Crippen molar-refractivity contribution in [3.05, 3.63) is 47.2 Å². The van der Waals surface area contributed by atoms with E-state index in [9.17, 15) is 0 Å². The number of hydrogen-bond donors (Lipinski definition) is 1. The van der Waals surface area contributed by atoms with Gasteiger partial charge >= 0.3 is 0 Å². The van der Waals surface area contributed by atoms with Gasteiger partial charge in [0.05, 0.1) is 10.7 Å². The highest BCUT2D eigenvalue weighted by atomic mass is 32.2. The predicted octanol–water partition coefficient (Wildman–Crippen LogP) is 3.66. The van der Waals surface area contributed by atoms with Gasteiger partial charge in [0.1, 0.15) is 0 Å². The largest absolute Gasteiger partial charge is 0.312 e. The number of fused-ring (bicyclic) bond motifs is 1. The highest BCUT2D eigenvalue weighted by Crippen LogP contribution is 2.44. The Balaban J connectivity index is 1.91. The lowest BCUT2D eigenvalue weighted by molar-refractivity contribution is 0.472. The van der Waals surface area contributed by atoms with Gasteiger partial charge in [0.15, 0.2) is 0 Å². The third kappa shape index (κ3) is 2.74. The number of hydrogen-bond acceptors (Lipinski definition) is 3. The fourth-order valence-electron chi connectivity index (χ4n) is 3.36. The van der Waals surface area contributed by atoms with Crippen molar-refractivity contribution in [3.63, 3.8) is 0 Å². The predicted molar refractivity (Wildman–Crippen MR) is 88.9 cm³/mol. The van der Waals surface area contributed by atoms with Crippen molar-refractivity contribution >= 4 is 11.8 Å². The Morgan fingerprint density at radius 3 is 2.62 bits per heavy atom. The fourth-order valence-corrected chi connectivity index (χ4v) is 4.91. The first-order valence-corrected chi connectivity index (χ1v) is 8.41. The lowest BCUT2D eigenvalue weighted by atomic mass is 9.81. The van der Waals surface area contributed by atoms with E-state index in [4.69, 9.17) is 0 Å². The second kappa shape index (κ2) is 5.85. The van der Waals surface area contributed by atoms with Crippen LogP contribution in [0.1, 0.15) is 42.1 Å². The Hall–Kier alpha value is -1.26. The van der Waals surface area contributed by atoms with Crippen LogP contribution < -0.4 is 5.32 Å². The van der Waals surface area contributed by atoms with E-state index in [2.05, 4.69) is 61.6 Å². The molecule has 0 spiro atoms. The van der Waals surface area contributed by atoms with Crippen molar-refractivity contribution in [2.45, 2.75) is 42.5 Å².